The highest BCUT2D eigenvalue weighted by molar-refractivity contribution is 5.93. The topological polar surface area (TPSA) is 94.6 Å². The first kappa shape index (κ1) is 22.5. The number of methoxy groups -OCH3 is 1. The number of pyridine rings is 1. The van der Waals surface area contributed by atoms with Crippen molar-refractivity contribution in [1.82, 2.24) is 19.5 Å². The van der Waals surface area contributed by atoms with Crippen LogP contribution in [0.3, 0.4) is 0 Å². The fourth-order valence-corrected chi connectivity index (χ4v) is 5.19. The molecule has 9 heteroatoms. The summed E-state index contributed by atoms with van der Waals surface area (Å²) in [6.07, 6.45) is 6.72. The molecule has 190 valence electrons. The molecule has 1 saturated carbocycles. The molecule has 0 atom stereocenters. The SMILES string of the molecule is COc1cccn2c(Cc3ccc4c(c3)COc3cc(F)ccc3/C4=C/c3noc(=O)[nH]3)c(C3CC3)nc12. The molecular formula is C29H23FN4O4. The number of fused-ring (bicyclic) bond motifs is 3. The van der Waals surface area contributed by atoms with Gasteiger partial charge in [0, 0.05) is 30.2 Å². The van der Waals surface area contributed by atoms with Gasteiger partial charge in [0.15, 0.2) is 17.2 Å². The molecule has 7 rings (SSSR count). The molecule has 1 N–H and O–H groups in total. The van der Waals surface area contributed by atoms with Gasteiger partial charge in [-0.2, -0.15) is 0 Å². The lowest BCUT2D eigenvalue weighted by molar-refractivity contribution is 0.305. The molecule has 0 unspecified atom stereocenters. The molecule has 4 heterocycles. The van der Waals surface area contributed by atoms with Gasteiger partial charge in [-0.3, -0.25) is 9.51 Å². The summed E-state index contributed by atoms with van der Waals surface area (Å²) in [5, 5.41) is 3.79. The molecule has 8 nitrogen and oxygen atoms in total. The molecule has 2 aliphatic rings. The largest absolute Gasteiger partial charge is 0.493 e. The van der Waals surface area contributed by atoms with Gasteiger partial charge in [0.2, 0.25) is 0 Å². The van der Waals surface area contributed by atoms with Gasteiger partial charge < -0.3 is 13.9 Å². The zero-order chi connectivity index (χ0) is 25.8. The van der Waals surface area contributed by atoms with Crippen LogP contribution in [0.15, 0.2) is 64.0 Å². The van der Waals surface area contributed by atoms with Crippen LogP contribution < -0.4 is 15.2 Å². The normalized spacial score (nSPS) is 15.7. The lowest BCUT2D eigenvalue weighted by Gasteiger charge is -2.12. The Balaban J connectivity index is 1.33. The fourth-order valence-electron chi connectivity index (χ4n) is 5.19. The Kier molecular flexibility index (Phi) is 5.17. The van der Waals surface area contributed by atoms with Crippen molar-refractivity contribution >= 4 is 17.3 Å². The fraction of sp³-hybridized carbons (Fsp3) is 0.207. The van der Waals surface area contributed by atoms with Gasteiger partial charge in [0.05, 0.1) is 18.5 Å². The molecule has 3 aromatic heterocycles. The highest BCUT2D eigenvalue weighted by Crippen LogP contribution is 2.43. The lowest BCUT2D eigenvalue weighted by atomic mass is 9.92. The van der Waals surface area contributed by atoms with E-state index in [1.54, 1.807) is 19.3 Å². The molecular weight excluding hydrogens is 487 g/mol. The van der Waals surface area contributed by atoms with E-state index in [2.05, 4.69) is 31.2 Å². The summed E-state index contributed by atoms with van der Waals surface area (Å²) in [5.41, 5.74) is 7.50. The second-order valence-electron chi connectivity index (χ2n) is 9.62. The van der Waals surface area contributed by atoms with Crippen LogP contribution in [0.5, 0.6) is 11.5 Å². The Hall–Kier alpha value is -4.66. The minimum Gasteiger partial charge on any atom is -0.493 e. The van der Waals surface area contributed by atoms with E-state index in [1.807, 2.05) is 24.4 Å². The van der Waals surface area contributed by atoms with Crippen molar-refractivity contribution < 1.29 is 18.4 Å². The lowest BCUT2D eigenvalue weighted by Crippen LogP contribution is -2.02. The molecule has 1 aliphatic carbocycles. The number of aromatic nitrogens is 4. The van der Waals surface area contributed by atoms with Crippen LogP contribution >= 0.6 is 0 Å². The van der Waals surface area contributed by atoms with Gasteiger partial charge in [-0.25, -0.2) is 14.2 Å². The van der Waals surface area contributed by atoms with Crippen LogP contribution in [0, 0.1) is 5.82 Å². The number of rotatable bonds is 5. The number of imidazole rings is 1. The molecule has 0 amide bonds. The average Bonchev–Trinajstić information content (AvgIpc) is 3.62. The second kappa shape index (κ2) is 8.72. The highest BCUT2D eigenvalue weighted by atomic mass is 19.1. The first-order valence-electron chi connectivity index (χ1n) is 12.4. The number of benzene rings is 2. The molecule has 2 aromatic carbocycles. The quantitative estimate of drug-likeness (QED) is 0.353. The molecule has 0 saturated heterocycles. The first-order chi connectivity index (χ1) is 18.6. The molecule has 0 bridgehead atoms. The smallest absolute Gasteiger partial charge is 0.439 e. The first-order valence-corrected chi connectivity index (χ1v) is 12.4. The van der Waals surface area contributed by atoms with Crippen molar-refractivity contribution in [2.75, 3.05) is 7.11 Å². The van der Waals surface area contributed by atoms with Crippen molar-refractivity contribution in [1.29, 1.82) is 0 Å². The summed E-state index contributed by atoms with van der Waals surface area (Å²) >= 11 is 0. The Morgan fingerprint density at radius 3 is 2.84 bits per heavy atom. The minimum atomic E-state index is -0.646. The zero-order valence-electron chi connectivity index (χ0n) is 20.5. The molecule has 1 aliphatic heterocycles. The third-order valence-electron chi connectivity index (χ3n) is 7.11. The maximum atomic E-state index is 14.1. The van der Waals surface area contributed by atoms with Gasteiger partial charge >= 0.3 is 5.76 Å². The second-order valence-corrected chi connectivity index (χ2v) is 9.62. The van der Waals surface area contributed by atoms with Crippen LogP contribution in [0.2, 0.25) is 0 Å². The van der Waals surface area contributed by atoms with Crippen LogP contribution in [-0.2, 0) is 13.0 Å². The van der Waals surface area contributed by atoms with E-state index in [9.17, 15) is 9.18 Å². The Labute approximate surface area is 216 Å². The maximum absolute atomic E-state index is 14.1. The summed E-state index contributed by atoms with van der Waals surface area (Å²) in [7, 11) is 1.66. The van der Waals surface area contributed by atoms with Crippen molar-refractivity contribution in [2.45, 2.75) is 31.8 Å². The predicted molar refractivity (Wildman–Crippen MR) is 138 cm³/mol. The zero-order valence-corrected chi connectivity index (χ0v) is 20.5. The maximum Gasteiger partial charge on any atom is 0.439 e. The van der Waals surface area contributed by atoms with Crippen molar-refractivity contribution in [2.24, 2.45) is 0 Å². The van der Waals surface area contributed by atoms with Crippen molar-refractivity contribution in [3.63, 3.8) is 0 Å². The standard InChI is InChI=1S/C29H23FN4O4/c1-36-24-3-2-10-34-23(27(17-5-6-17)32-28(24)34)12-16-4-8-20-18(11-16)15-37-25-13-19(30)7-9-21(25)22(20)14-26-31-29(35)38-33-26/h2-4,7-11,13-14,17H,5-6,12,15H2,1H3,(H,31,33,35)/b22-14+. The number of nitrogens with zero attached hydrogens (tertiary/aromatic N) is 3. The van der Waals surface area contributed by atoms with Gasteiger partial charge in [0.25, 0.3) is 0 Å². The number of nitrogens with one attached hydrogen (secondary N) is 1. The Morgan fingerprint density at radius 2 is 2.05 bits per heavy atom. The van der Waals surface area contributed by atoms with Gasteiger partial charge in [-0.1, -0.05) is 23.4 Å². The predicted octanol–water partition coefficient (Wildman–Crippen LogP) is 5.11. The van der Waals surface area contributed by atoms with Gasteiger partial charge in [-0.05, 0) is 65.4 Å². The van der Waals surface area contributed by atoms with Crippen molar-refractivity contribution in [3.05, 3.63) is 111 Å². The average molecular weight is 511 g/mol. The Morgan fingerprint density at radius 1 is 1.18 bits per heavy atom. The Bertz CT molecular complexity index is 1790. The molecule has 38 heavy (non-hydrogen) atoms. The molecule has 1 fully saturated rings. The number of hydrogen-bond acceptors (Lipinski definition) is 6. The monoisotopic (exact) mass is 510 g/mol. The summed E-state index contributed by atoms with van der Waals surface area (Å²) < 4.78 is 32.5. The van der Waals surface area contributed by atoms with E-state index < -0.39 is 5.76 Å². The van der Waals surface area contributed by atoms with Crippen LogP contribution in [-0.4, -0.2) is 26.6 Å². The van der Waals surface area contributed by atoms with Gasteiger partial charge in [0.1, 0.15) is 18.2 Å². The molecule has 0 spiro atoms. The van der Waals surface area contributed by atoms with Crippen molar-refractivity contribution in [3.8, 4) is 11.5 Å². The van der Waals surface area contributed by atoms with E-state index in [0.717, 1.165) is 57.9 Å². The molecule has 0 radical (unpaired) electrons. The number of ether oxygens (including phenoxy) is 2. The van der Waals surface area contributed by atoms with E-state index in [4.69, 9.17) is 14.5 Å². The number of aromatic amines is 1. The van der Waals surface area contributed by atoms with Gasteiger partial charge in [-0.15, -0.1) is 0 Å². The third kappa shape index (κ3) is 3.87. The van der Waals surface area contributed by atoms with E-state index >= 15 is 0 Å². The summed E-state index contributed by atoms with van der Waals surface area (Å²) in [5.74, 6) is 0.882. The summed E-state index contributed by atoms with van der Waals surface area (Å²) in [6.45, 7) is 0.267. The number of halogens is 1. The summed E-state index contributed by atoms with van der Waals surface area (Å²) in [6, 6.07) is 14.6. The van der Waals surface area contributed by atoms with E-state index in [1.165, 1.54) is 12.1 Å². The van der Waals surface area contributed by atoms with E-state index in [0.29, 0.717) is 23.7 Å². The third-order valence-corrected chi connectivity index (χ3v) is 7.11. The van der Waals surface area contributed by atoms with Crippen LogP contribution in [0.4, 0.5) is 4.39 Å². The molecule has 5 aromatic rings. The highest BCUT2D eigenvalue weighted by Gasteiger charge is 2.31. The number of H-pyrrole nitrogens is 1. The van der Waals surface area contributed by atoms with Crippen LogP contribution in [0.1, 0.15) is 58.2 Å². The van der Waals surface area contributed by atoms with Crippen LogP contribution in [0.25, 0.3) is 17.3 Å². The van der Waals surface area contributed by atoms with E-state index in [-0.39, 0.29) is 18.2 Å². The minimum absolute atomic E-state index is 0.267. The number of hydrogen-bond donors (Lipinski definition) is 1. The summed E-state index contributed by atoms with van der Waals surface area (Å²) in [4.78, 5) is 19.1.